The van der Waals surface area contributed by atoms with Crippen LogP contribution in [0.2, 0.25) is 26.2 Å². The quantitative estimate of drug-likeness (QED) is 0.122. The molecule has 5 N–H and O–H groups in total. The van der Waals surface area contributed by atoms with Gasteiger partial charge in [0.05, 0.1) is 0 Å². The van der Waals surface area contributed by atoms with Gasteiger partial charge in [0.25, 0.3) is 0 Å². The maximum Gasteiger partial charge on any atom is 0.618 e. The van der Waals surface area contributed by atoms with Crippen LogP contribution in [0.1, 0.15) is 0 Å². The lowest BCUT2D eigenvalue weighted by Crippen LogP contribution is -2.54. The van der Waals surface area contributed by atoms with Crippen molar-refractivity contribution in [3.8, 4) is 0 Å². The third kappa shape index (κ3) is 13.0. The van der Waals surface area contributed by atoms with E-state index < -0.39 is 63.5 Å². The van der Waals surface area contributed by atoms with Crippen LogP contribution >= 0.6 is 0 Å². The van der Waals surface area contributed by atoms with Crippen molar-refractivity contribution in [2.75, 3.05) is 7.11 Å². The fraction of sp³-hybridized carbons (Fsp3) is 0.385. The summed E-state index contributed by atoms with van der Waals surface area (Å²) < 4.78 is 41.5. The minimum Gasteiger partial charge on any atom is -0.408 e. The van der Waals surface area contributed by atoms with Crippen molar-refractivity contribution in [3.63, 3.8) is 0 Å². The van der Waals surface area contributed by atoms with E-state index in [-0.39, 0.29) is 0 Å². The molecule has 0 aromatic carbocycles. The minimum absolute atomic E-state index is 1.15. The molecule has 0 aliphatic heterocycles. The third-order valence-electron chi connectivity index (χ3n) is 4.04. The summed E-state index contributed by atoms with van der Waals surface area (Å²) in [5.41, 5.74) is 4.90. The summed E-state index contributed by atoms with van der Waals surface area (Å²) >= 11 is 0. The molecule has 0 heterocycles. The summed E-state index contributed by atoms with van der Waals surface area (Å²) in [4.78, 5) is 20.1. The highest BCUT2D eigenvalue weighted by Crippen LogP contribution is 2.16. The highest BCUT2D eigenvalue weighted by molar-refractivity contribution is 6.83. The summed E-state index contributed by atoms with van der Waals surface area (Å²) in [5.74, 6) is 0. The highest BCUT2D eigenvalue weighted by Gasteiger charge is 2.46. The summed E-state index contributed by atoms with van der Waals surface area (Å²) in [6.45, 7) is 19.6. The molecule has 0 aliphatic rings. The molecule has 190 valence electrons. The van der Waals surface area contributed by atoms with Crippen molar-refractivity contribution in [3.05, 3.63) is 49.1 Å². The monoisotopic (exact) mass is 552 g/mol. The lowest BCUT2D eigenvalue weighted by atomic mass is 10.1. The first-order chi connectivity index (χ1) is 15.5. The Morgan fingerprint density at radius 3 is 1.50 bits per heavy atom. The lowest BCUT2D eigenvalue weighted by Gasteiger charge is -2.30. The SMILES string of the molecule is C=C[Si](C)(O)OB(O)O[Si](C)(C=C)OB(O)OB(O)OB(O[Si](C)(O)C=C)O[Si](C)(C=C)OC. The molecule has 0 aromatic heterocycles. The largest absolute Gasteiger partial charge is 0.618 e. The number of hydrogen-bond acceptors (Lipinski definition) is 13. The van der Waals surface area contributed by atoms with Crippen molar-refractivity contribution in [1.29, 1.82) is 0 Å². The predicted molar refractivity (Wildman–Crippen MR) is 136 cm³/mol. The molecule has 4 unspecified atom stereocenters. The first-order valence-corrected chi connectivity index (χ1v) is 19.4. The Bertz CT molecular complexity index is 695. The molecule has 0 saturated carbocycles. The molecule has 0 fully saturated rings. The Morgan fingerprint density at radius 1 is 0.588 bits per heavy atom. The average molecular weight is 552 g/mol. The van der Waals surface area contributed by atoms with E-state index in [2.05, 4.69) is 26.3 Å². The first-order valence-electron chi connectivity index (χ1n) is 9.76. The smallest absolute Gasteiger partial charge is 0.408 e. The molecule has 0 amide bonds. The minimum atomic E-state index is -3.57. The summed E-state index contributed by atoms with van der Waals surface area (Å²) in [7, 11) is -20.0. The molecule has 0 saturated heterocycles. The van der Waals surface area contributed by atoms with E-state index in [4.69, 9.17) is 35.3 Å². The lowest BCUT2D eigenvalue weighted by molar-refractivity contribution is 0.169. The molecule has 0 bridgehead atoms. The summed E-state index contributed by atoms with van der Waals surface area (Å²) in [5, 5.41) is 30.1. The van der Waals surface area contributed by atoms with E-state index >= 15 is 0 Å². The maximum absolute atomic E-state index is 10.2. The van der Waals surface area contributed by atoms with Gasteiger partial charge in [0, 0.05) is 7.11 Å². The molecular weight excluding hydrogens is 520 g/mol. The zero-order valence-corrected chi connectivity index (χ0v) is 23.9. The Balaban J connectivity index is 5.20. The van der Waals surface area contributed by atoms with Crippen LogP contribution in [-0.4, -0.2) is 95.3 Å². The second kappa shape index (κ2) is 14.3. The van der Waals surface area contributed by atoms with Gasteiger partial charge >= 0.3 is 63.5 Å². The molecule has 0 aliphatic carbocycles. The average Bonchev–Trinajstić information content (AvgIpc) is 2.72. The van der Waals surface area contributed by atoms with Gasteiger partial charge in [0.15, 0.2) is 0 Å². The zero-order valence-electron chi connectivity index (χ0n) is 19.9. The van der Waals surface area contributed by atoms with E-state index in [1.165, 1.54) is 43.8 Å². The third-order valence-corrected chi connectivity index (χ3v) is 11.2. The Kier molecular flexibility index (Phi) is 14.2. The van der Waals surface area contributed by atoms with Gasteiger partial charge in [-0.1, -0.05) is 22.8 Å². The zero-order chi connectivity index (χ0) is 26.8. The van der Waals surface area contributed by atoms with Crippen LogP contribution in [-0.2, 0) is 35.3 Å². The van der Waals surface area contributed by atoms with Gasteiger partial charge in [0.1, 0.15) is 0 Å². The van der Waals surface area contributed by atoms with Crippen LogP contribution < -0.4 is 0 Å². The van der Waals surface area contributed by atoms with E-state index in [0.717, 1.165) is 5.70 Å². The van der Waals surface area contributed by atoms with Crippen LogP contribution in [0.3, 0.4) is 0 Å². The topological polar surface area (TPSA) is 175 Å². The molecular formula is C13H32B4O13Si4. The van der Waals surface area contributed by atoms with E-state index in [0.29, 0.717) is 0 Å². The first kappa shape index (κ1) is 33.6. The maximum atomic E-state index is 10.2. The van der Waals surface area contributed by atoms with Crippen molar-refractivity contribution in [1.82, 2.24) is 0 Å². The number of hydrogen-bond donors (Lipinski definition) is 5. The van der Waals surface area contributed by atoms with E-state index in [9.17, 15) is 24.7 Å². The molecule has 0 radical (unpaired) electrons. The second-order valence-electron chi connectivity index (χ2n) is 7.23. The molecule has 4 atom stereocenters. The Hall–Kier alpha value is -0.433. The van der Waals surface area contributed by atoms with Gasteiger partial charge in [-0.25, -0.2) is 0 Å². The van der Waals surface area contributed by atoms with Crippen LogP contribution in [0.5, 0.6) is 0 Å². The normalized spacial score (nSPS) is 18.3. The fourth-order valence-corrected chi connectivity index (χ4v) is 5.08. The second-order valence-corrected chi connectivity index (χ2v) is 18.7. The van der Waals surface area contributed by atoms with Crippen LogP contribution in [0.4, 0.5) is 0 Å². The van der Waals surface area contributed by atoms with Crippen molar-refractivity contribution in [2.45, 2.75) is 26.2 Å². The number of rotatable bonds is 19. The molecule has 0 aromatic rings. The van der Waals surface area contributed by atoms with Gasteiger partial charge in [-0.05, 0) is 26.2 Å². The van der Waals surface area contributed by atoms with E-state index in [1.807, 2.05) is 0 Å². The van der Waals surface area contributed by atoms with Crippen LogP contribution in [0.25, 0.3) is 0 Å². The highest BCUT2D eigenvalue weighted by atomic mass is 28.4. The van der Waals surface area contributed by atoms with Gasteiger partial charge in [0.2, 0.25) is 0 Å². The van der Waals surface area contributed by atoms with Crippen molar-refractivity contribution >= 4 is 63.5 Å². The van der Waals surface area contributed by atoms with Crippen LogP contribution in [0.15, 0.2) is 49.1 Å². The summed E-state index contributed by atoms with van der Waals surface area (Å²) in [6.07, 6.45) is 0. The molecule has 0 rings (SSSR count). The van der Waals surface area contributed by atoms with Gasteiger partial charge < -0.3 is 60.0 Å². The Morgan fingerprint density at radius 2 is 1.06 bits per heavy atom. The summed E-state index contributed by atoms with van der Waals surface area (Å²) in [6, 6.07) is 0. The molecule has 34 heavy (non-hydrogen) atoms. The molecule has 21 heteroatoms. The van der Waals surface area contributed by atoms with Crippen LogP contribution in [0, 0.1) is 0 Å². The fourth-order valence-electron chi connectivity index (χ4n) is 1.75. The van der Waals surface area contributed by atoms with Gasteiger partial charge in [-0.15, -0.1) is 26.3 Å². The van der Waals surface area contributed by atoms with Gasteiger partial charge in [-0.3, -0.25) is 0 Å². The van der Waals surface area contributed by atoms with Crippen molar-refractivity contribution < 1.29 is 60.0 Å². The Labute approximate surface area is 205 Å². The van der Waals surface area contributed by atoms with Gasteiger partial charge in [-0.2, -0.15) is 0 Å². The van der Waals surface area contributed by atoms with E-state index in [1.54, 1.807) is 6.55 Å². The molecule has 0 spiro atoms. The molecule has 13 nitrogen and oxygen atoms in total. The standard InChI is InChI=1S/C13H32B4O13Si4/c1-10-31(6,21)26-16(20)28-34(9,13-4)27-15(19)24-14(18)25-17(29-32(7,22)11-2)30-33(8,12-3)23-5/h10-13,18-22H,1-4H2,5-9H3. The van der Waals surface area contributed by atoms with Crippen molar-refractivity contribution in [2.24, 2.45) is 0 Å². The predicted octanol–water partition coefficient (Wildman–Crippen LogP) is -1.16.